The van der Waals surface area contributed by atoms with Crippen molar-refractivity contribution in [3.8, 4) is 0 Å². The lowest BCUT2D eigenvalue weighted by Gasteiger charge is -2.26. The van der Waals surface area contributed by atoms with Gasteiger partial charge in [-0.25, -0.2) is 8.42 Å². The molecule has 1 saturated heterocycles. The summed E-state index contributed by atoms with van der Waals surface area (Å²) in [6.45, 7) is 3.47. The molecule has 2 aromatic rings. The molecule has 172 valence electrons. The van der Waals surface area contributed by atoms with Crippen LogP contribution in [-0.4, -0.2) is 57.4 Å². The summed E-state index contributed by atoms with van der Waals surface area (Å²) in [5.41, 5.74) is 1.71. The minimum atomic E-state index is -3.65. The monoisotopic (exact) mass is 479 g/mol. The Hall–Kier alpha value is -2.46. The Labute approximate surface area is 192 Å². The van der Waals surface area contributed by atoms with Gasteiger partial charge < -0.3 is 15.4 Å². The summed E-state index contributed by atoms with van der Waals surface area (Å²) in [7, 11) is -3.65. The number of nitrogens with zero attached hydrogens (tertiary/aromatic N) is 1. The molecule has 1 aliphatic rings. The van der Waals surface area contributed by atoms with Crippen LogP contribution in [0.4, 0.5) is 5.69 Å². The van der Waals surface area contributed by atoms with Crippen molar-refractivity contribution >= 4 is 39.1 Å². The first-order chi connectivity index (χ1) is 15.3. The van der Waals surface area contributed by atoms with E-state index in [2.05, 4.69) is 10.6 Å². The Morgan fingerprint density at radius 1 is 1.09 bits per heavy atom. The van der Waals surface area contributed by atoms with Crippen molar-refractivity contribution in [3.63, 3.8) is 0 Å². The standard InChI is InChI=1S/C22H26ClN3O5S/c1-16-4-9-19(32(29,30)26-11-13-31-14-12-26)15-20(16)25-21(27)3-2-10-24-22(28)17-5-7-18(23)8-6-17/h4-9,15H,2-3,10-14H2,1H3,(H,24,28)(H,25,27). The van der Waals surface area contributed by atoms with E-state index in [0.29, 0.717) is 55.5 Å². The van der Waals surface area contributed by atoms with Gasteiger partial charge in [0.15, 0.2) is 0 Å². The van der Waals surface area contributed by atoms with Crippen molar-refractivity contribution in [1.29, 1.82) is 0 Å². The minimum Gasteiger partial charge on any atom is -0.379 e. The lowest BCUT2D eigenvalue weighted by atomic mass is 10.2. The molecule has 0 aromatic heterocycles. The van der Waals surface area contributed by atoms with Crippen LogP contribution in [0, 0.1) is 6.92 Å². The van der Waals surface area contributed by atoms with Crippen LogP contribution in [-0.2, 0) is 19.6 Å². The average Bonchev–Trinajstić information content (AvgIpc) is 2.79. The molecule has 0 bridgehead atoms. The summed E-state index contributed by atoms with van der Waals surface area (Å²) in [6.07, 6.45) is 0.622. The zero-order valence-corrected chi connectivity index (χ0v) is 19.3. The quantitative estimate of drug-likeness (QED) is 0.566. The Morgan fingerprint density at radius 2 is 1.78 bits per heavy atom. The van der Waals surface area contributed by atoms with E-state index in [0.717, 1.165) is 5.56 Å². The van der Waals surface area contributed by atoms with Crippen molar-refractivity contribution in [1.82, 2.24) is 9.62 Å². The van der Waals surface area contributed by atoms with E-state index in [4.69, 9.17) is 16.3 Å². The maximum atomic E-state index is 12.9. The zero-order valence-electron chi connectivity index (χ0n) is 17.8. The highest BCUT2D eigenvalue weighted by atomic mass is 35.5. The molecule has 0 aliphatic carbocycles. The molecule has 8 nitrogen and oxygen atoms in total. The van der Waals surface area contributed by atoms with Gasteiger partial charge in [0.25, 0.3) is 5.91 Å². The Balaban J connectivity index is 1.52. The van der Waals surface area contributed by atoms with Gasteiger partial charge in [-0.15, -0.1) is 0 Å². The maximum Gasteiger partial charge on any atom is 0.251 e. The number of rotatable bonds is 8. The van der Waals surface area contributed by atoms with Crippen molar-refractivity contribution in [2.45, 2.75) is 24.7 Å². The third-order valence-corrected chi connectivity index (χ3v) is 7.21. The molecule has 2 amide bonds. The number of hydrogen-bond acceptors (Lipinski definition) is 5. The topological polar surface area (TPSA) is 105 Å². The molecule has 10 heteroatoms. The van der Waals surface area contributed by atoms with Crippen LogP contribution < -0.4 is 10.6 Å². The molecule has 1 fully saturated rings. The van der Waals surface area contributed by atoms with Gasteiger partial charge in [0.1, 0.15) is 0 Å². The predicted octanol–water partition coefficient (Wildman–Crippen LogP) is 2.82. The number of halogens is 1. The van der Waals surface area contributed by atoms with E-state index in [-0.39, 0.29) is 23.1 Å². The number of sulfonamides is 1. The summed E-state index contributed by atoms with van der Waals surface area (Å²) in [4.78, 5) is 24.6. The number of amides is 2. The smallest absolute Gasteiger partial charge is 0.251 e. The van der Waals surface area contributed by atoms with Gasteiger partial charge >= 0.3 is 0 Å². The van der Waals surface area contributed by atoms with Crippen LogP contribution in [0.1, 0.15) is 28.8 Å². The molecule has 0 radical (unpaired) electrons. The summed E-state index contributed by atoms with van der Waals surface area (Å²) < 4.78 is 32.3. The van der Waals surface area contributed by atoms with Crippen molar-refractivity contribution in [3.05, 3.63) is 58.6 Å². The summed E-state index contributed by atoms with van der Waals surface area (Å²) >= 11 is 5.81. The third-order valence-electron chi connectivity index (χ3n) is 5.06. The molecule has 0 saturated carbocycles. The Morgan fingerprint density at radius 3 is 2.47 bits per heavy atom. The highest BCUT2D eigenvalue weighted by molar-refractivity contribution is 7.89. The van der Waals surface area contributed by atoms with Gasteiger partial charge in [-0.3, -0.25) is 9.59 Å². The Bertz CT molecular complexity index is 1070. The first-order valence-corrected chi connectivity index (χ1v) is 12.1. The molecule has 2 N–H and O–H groups in total. The van der Waals surface area contributed by atoms with Crippen molar-refractivity contribution in [2.75, 3.05) is 38.2 Å². The maximum absolute atomic E-state index is 12.9. The molecule has 0 unspecified atom stereocenters. The molecular weight excluding hydrogens is 454 g/mol. The van der Waals surface area contributed by atoms with Crippen LogP contribution >= 0.6 is 11.6 Å². The fourth-order valence-electron chi connectivity index (χ4n) is 3.20. The van der Waals surface area contributed by atoms with Gasteiger partial charge in [0.05, 0.1) is 18.1 Å². The molecule has 32 heavy (non-hydrogen) atoms. The normalized spacial score (nSPS) is 14.7. The van der Waals surface area contributed by atoms with Crippen LogP contribution in [0.3, 0.4) is 0 Å². The van der Waals surface area contributed by atoms with E-state index in [1.165, 1.54) is 10.4 Å². The molecule has 0 atom stereocenters. The first kappa shape index (κ1) is 24.2. The van der Waals surface area contributed by atoms with Crippen LogP contribution in [0.15, 0.2) is 47.4 Å². The lowest BCUT2D eigenvalue weighted by molar-refractivity contribution is -0.116. The number of morpholine rings is 1. The van der Waals surface area contributed by atoms with Crippen molar-refractivity contribution in [2.24, 2.45) is 0 Å². The molecule has 0 spiro atoms. The molecule has 2 aromatic carbocycles. The van der Waals surface area contributed by atoms with E-state index in [1.54, 1.807) is 43.3 Å². The second-order valence-corrected chi connectivity index (χ2v) is 9.78. The summed E-state index contributed by atoms with van der Waals surface area (Å²) in [5, 5.41) is 6.09. The fraction of sp³-hybridized carbons (Fsp3) is 0.364. The van der Waals surface area contributed by atoms with E-state index in [1.807, 2.05) is 0 Å². The average molecular weight is 480 g/mol. The third kappa shape index (κ3) is 6.29. The molecule has 1 aliphatic heterocycles. The van der Waals surface area contributed by atoms with E-state index in [9.17, 15) is 18.0 Å². The number of nitrogens with one attached hydrogen (secondary N) is 2. The Kier molecular flexibility index (Phi) is 8.25. The second-order valence-electron chi connectivity index (χ2n) is 7.41. The minimum absolute atomic E-state index is 0.135. The van der Waals surface area contributed by atoms with Crippen LogP contribution in [0.2, 0.25) is 5.02 Å². The largest absolute Gasteiger partial charge is 0.379 e. The molecule has 1 heterocycles. The van der Waals surface area contributed by atoms with E-state index >= 15 is 0 Å². The second kappa shape index (κ2) is 10.9. The fourth-order valence-corrected chi connectivity index (χ4v) is 4.76. The summed E-state index contributed by atoms with van der Waals surface area (Å²) in [5.74, 6) is -0.492. The van der Waals surface area contributed by atoms with Crippen molar-refractivity contribution < 1.29 is 22.7 Å². The number of carbonyl (C=O) groups excluding carboxylic acids is 2. The number of hydrogen-bond donors (Lipinski definition) is 2. The number of aryl methyl sites for hydroxylation is 1. The van der Waals surface area contributed by atoms with Crippen LogP contribution in [0.25, 0.3) is 0 Å². The van der Waals surface area contributed by atoms with Gasteiger partial charge in [0.2, 0.25) is 15.9 Å². The van der Waals surface area contributed by atoms with Gasteiger partial charge in [-0.2, -0.15) is 4.31 Å². The highest BCUT2D eigenvalue weighted by Crippen LogP contribution is 2.24. The zero-order chi connectivity index (χ0) is 23.1. The number of carbonyl (C=O) groups is 2. The van der Waals surface area contributed by atoms with Gasteiger partial charge in [0, 0.05) is 42.3 Å². The lowest BCUT2D eigenvalue weighted by Crippen LogP contribution is -2.40. The molecular formula is C22H26ClN3O5S. The van der Waals surface area contributed by atoms with Crippen LogP contribution in [0.5, 0.6) is 0 Å². The van der Waals surface area contributed by atoms with Gasteiger partial charge in [-0.1, -0.05) is 17.7 Å². The molecule has 3 rings (SSSR count). The number of ether oxygens (including phenoxy) is 1. The first-order valence-electron chi connectivity index (χ1n) is 10.3. The predicted molar refractivity (Wildman–Crippen MR) is 122 cm³/mol. The number of anilines is 1. The van der Waals surface area contributed by atoms with Gasteiger partial charge in [-0.05, 0) is 55.3 Å². The SMILES string of the molecule is Cc1ccc(S(=O)(=O)N2CCOCC2)cc1NC(=O)CCCNC(=O)c1ccc(Cl)cc1. The highest BCUT2D eigenvalue weighted by Gasteiger charge is 2.26. The van der Waals surface area contributed by atoms with E-state index < -0.39 is 10.0 Å². The number of benzene rings is 2. The summed E-state index contributed by atoms with van der Waals surface area (Å²) in [6, 6.07) is 11.2.